The zero-order chi connectivity index (χ0) is 45.1. The highest BCUT2D eigenvalue weighted by molar-refractivity contribution is 6.97. The molecule has 7 aromatic rings. The van der Waals surface area contributed by atoms with Gasteiger partial charge >= 0.3 is 0 Å². The highest BCUT2D eigenvalue weighted by atomic mass is 14.4. The van der Waals surface area contributed by atoms with Crippen LogP contribution in [0.15, 0.2) is 140 Å². The first-order chi connectivity index (χ1) is 30.3. The molecular weight excluding hydrogens is 768 g/mol. The van der Waals surface area contributed by atoms with Gasteiger partial charge in [0.15, 0.2) is 0 Å². The van der Waals surface area contributed by atoms with E-state index >= 15 is 0 Å². The van der Waals surface area contributed by atoms with Gasteiger partial charge in [-0.05, 0) is 133 Å². The van der Waals surface area contributed by atoms with Crippen molar-refractivity contribution in [1.82, 2.24) is 0 Å². The number of hydrogen-bond donors (Lipinski definition) is 0. The van der Waals surface area contributed by atoms with Gasteiger partial charge in [-0.2, -0.15) is 0 Å². The van der Waals surface area contributed by atoms with Crippen LogP contribution in [0, 0.1) is 13.8 Å². The summed E-state index contributed by atoms with van der Waals surface area (Å²) >= 11 is 0. The maximum absolute atomic E-state index is 2.74. The first kappa shape index (κ1) is 42.5. The number of aryl methyl sites for hydroxylation is 2. The van der Waals surface area contributed by atoms with Gasteiger partial charge in [-0.15, -0.1) is 0 Å². The average Bonchev–Trinajstić information content (AvgIpc) is 3.39. The molecule has 0 amide bonds. The topological polar surface area (TPSA) is 0 Å². The fourth-order valence-corrected chi connectivity index (χ4v) is 12.0. The molecule has 0 nitrogen and oxygen atoms in total. The van der Waals surface area contributed by atoms with E-state index in [2.05, 4.69) is 223 Å². The van der Waals surface area contributed by atoms with Crippen LogP contribution in [0.2, 0.25) is 0 Å². The predicted octanol–water partition coefficient (Wildman–Crippen LogP) is 14.3. The van der Waals surface area contributed by atoms with Gasteiger partial charge in [0.05, 0.1) is 0 Å². The van der Waals surface area contributed by atoms with E-state index in [0.717, 1.165) is 6.42 Å². The molecule has 1 aliphatic carbocycles. The third-order valence-electron chi connectivity index (χ3n) is 15.9. The van der Waals surface area contributed by atoms with Crippen LogP contribution < -0.4 is 16.4 Å². The van der Waals surface area contributed by atoms with E-state index in [-0.39, 0.29) is 40.2 Å². The molecule has 3 aliphatic rings. The van der Waals surface area contributed by atoms with Crippen LogP contribution in [0.25, 0.3) is 22.3 Å². The number of hydrogen-bond acceptors (Lipinski definition) is 0. The van der Waals surface area contributed by atoms with Crippen LogP contribution in [0.3, 0.4) is 0 Å². The summed E-state index contributed by atoms with van der Waals surface area (Å²) in [4.78, 5) is 0. The quantitative estimate of drug-likeness (QED) is 0.155. The van der Waals surface area contributed by atoms with E-state index in [9.17, 15) is 0 Å². The van der Waals surface area contributed by atoms with Crippen LogP contribution in [0.4, 0.5) is 0 Å². The van der Waals surface area contributed by atoms with Crippen LogP contribution >= 0.6 is 0 Å². The summed E-state index contributed by atoms with van der Waals surface area (Å²) in [7, 11) is 0. The van der Waals surface area contributed by atoms with E-state index in [1.54, 1.807) is 16.6 Å². The van der Waals surface area contributed by atoms with E-state index in [0.29, 0.717) is 0 Å². The molecule has 0 bridgehead atoms. The Bertz CT molecular complexity index is 2950. The van der Waals surface area contributed by atoms with Crippen molar-refractivity contribution in [3.05, 3.63) is 206 Å². The lowest BCUT2D eigenvalue weighted by molar-refractivity contribution is 0.331. The molecule has 64 heavy (non-hydrogen) atoms. The summed E-state index contributed by atoms with van der Waals surface area (Å²) in [5.41, 5.74) is 27.4. The second kappa shape index (κ2) is 15.1. The maximum atomic E-state index is 2.74. The summed E-state index contributed by atoms with van der Waals surface area (Å²) in [5.74, 6) is 0.275. The number of rotatable bonds is 4. The summed E-state index contributed by atoms with van der Waals surface area (Å²) in [5, 5.41) is 0. The second-order valence-corrected chi connectivity index (χ2v) is 23.3. The molecule has 2 unspecified atom stereocenters. The van der Waals surface area contributed by atoms with E-state index in [1.807, 2.05) is 0 Å². The molecule has 0 spiro atoms. The van der Waals surface area contributed by atoms with Crippen molar-refractivity contribution in [2.45, 2.75) is 136 Å². The Hall–Kier alpha value is -5.40. The molecular formula is C63H67B. The Balaban J connectivity index is 1.32. The number of benzene rings is 7. The van der Waals surface area contributed by atoms with Crippen molar-refractivity contribution in [1.29, 1.82) is 0 Å². The lowest BCUT2D eigenvalue weighted by Crippen LogP contribution is -2.59. The average molecular weight is 835 g/mol. The second-order valence-electron chi connectivity index (χ2n) is 23.3. The fourth-order valence-electron chi connectivity index (χ4n) is 12.0. The van der Waals surface area contributed by atoms with Gasteiger partial charge in [0.25, 0.3) is 0 Å². The van der Waals surface area contributed by atoms with Crippen molar-refractivity contribution in [3.63, 3.8) is 0 Å². The highest BCUT2D eigenvalue weighted by Crippen LogP contribution is 2.49. The normalized spacial score (nSPS) is 18.3. The molecule has 0 saturated carbocycles. The minimum absolute atomic E-state index is 0.0289. The molecule has 2 aliphatic heterocycles. The summed E-state index contributed by atoms with van der Waals surface area (Å²) in [6.45, 7) is 28.9. The van der Waals surface area contributed by atoms with Crippen LogP contribution in [0.1, 0.15) is 161 Å². The minimum Gasteiger partial charge on any atom is -0.0660 e. The van der Waals surface area contributed by atoms with Crippen LogP contribution in [0.5, 0.6) is 0 Å². The third-order valence-corrected chi connectivity index (χ3v) is 15.9. The lowest BCUT2D eigenvalue weighted by Gasteiger charge is -2.43. The van der Waals surface area contributed by atoms with Crippen LogP contribution in [-0.2, 0) is 28.1 Å². The van der Waals surface area contributed by atoms with E-state index in [4.69, 9.17) is 0 Å². The van der Waals surface area contributed by atoms with Crippen molar-refractivity contribution < 1.29 is 0 Å². The van der Waals surface area contributed by atoms with E-state index < -0.39 is 0 Å². The Morgan fingerprint density at radius 1 is 0.484 bits per heavy atom. The molecule has 7 aromatic carbocycles. The van der Waals surface area contributed by atoms with Crippen LogP contribution in [-0.4, -0.2) is 6.71 Å². The van der Waals surface area contributed by atoms with Gasteiger partial charge in [-0.3, -0.25) is 0 Å². The van der Waals surface area contributed by atoms with Gasteiger partial charge in [0.1, 0.15) is 0 Å². The maximum Gasteiger partial charge on any atom is 0.242 e. The molecule has 2 heterocycles. The Morgan fingerprint density at radius 2 is 1.08 bits per heavy atom. The van der Waals surface area contributed by atoms with Crippen molar-refractivity contribution >= 4 is 23.1 Å². The summed E-state index contributed by atoms with van der Waals surface area (Å²) < 4.78 is 0. The van der Waals surface area contributed by atoms with E-state index in [1.165, 1.54) is 102 Å². The Kier molecular flexibility index (Phi) is 10.0. The minimum atomic E-state index is 0.0289. The standard InChI is InChI=1S/C63H67B/c1-39-31-44-35-50(48-27-25-46(61(6,7)8)36-49(48)42-21-17-14-18-22-42)51-37-54-55(63(11,12)30-29-62(54,9)10)38-57(51)64-56-28-23-43(41-19-15-13-16-20-41)34-52(56)58(53(32-39)59(44)64)47-26-24-45(33-40(47)2)60(3,4)5/h13-28,31-34,36-38,50,58H,29-30,35H2,1-12H3. The third kappa shape index (κ3) is 7.14. The summed E-state index contributed by atoms with van der Waals surface area (Å²) in [6.07, 6.45) is 3.34. The molecule has 322 valence electrons. The molecule has 0 radical (unpaired) electrons. The van der Waals surface area contributed by atoms with Gasteiger partial charge < -0.3 is 0 Å². The first-order valence-corrected chi connectivity index (χ1v) is 24.1. The van der Waals surface area contributed by atoms with Gasteiger partial charge in [-0.25, -0.2) is 0 Å². The molecule has 10 rings (SSSR count). The zero-order valence-corrected chi connectivity index (χ0v) is 40.6. The Labute approximate surface area is 385 Å². The van der Waals surface area contributed by atoms with Gasteiger partial charge in [-0.1, -0.05) is 236 Å². The molecule has 2 atom stereocenters. The largest absolute Gasteiger partial charge is 0.242 e. The fraction of sp³-hybridized carbons (Fsp3) is 0.333. The molecule has 1 heteroatoms. The SMILES string of the molecule is Cc1cc2c3c(c1)C(c1ccc(C(C)(C)C)cc1C)c1cc(-c4ccccc4)ccc1B3c1cc3c(cc1C(c1ccc(C(C)(C)C)cc1-c1ccccc1)C2)C(C)(C)CCC3(C)C. The molecule has 0 aromatic heterocycles. The Morgan fingerprint density at radius 3 is 1.70 bits per heavy atom. The lowest BCUT2D eigenvalue weighted by atomic mass is 9.31. The molecule has 0 saturated heterocycles. The zero-order valence-electron chi connectivity index (χ0n) is 40.6. The monoisotopic (exact) mass is 835 g/mol. The smallest absolute Gasteiger partial charge is 0.0660 e. The van der Waals surface area contributed by atoms with Crippen molar-refractivity contribution in [2.24, 2.45) is 0 Å². The molecule has 0 N–H and O–H groups in total. The van der Waals surface area contributed by atoms with Gasteiger partial charge in [0.2, 0.25) is 6.71 Å². The van der Waals surface area contributed by atoms with Crippen molar-refractivity contribution in [3.8, 4) is 22.3 Å². The first-order valence-electron chi connectivity index (χ1n) is 24.1. The molecule has 0 fully saturated rings. The predicted molar refractivity (Wildman–Crippen MR) is 276 cm³/mol. The highest BCUT2D eigenvalue weighted by Gasteiger charge is 2.46. The summed E-state index contributed by atoms with van der Waals surface area (Å²) in [6, 6.07) is 55.3. The van der Waals surface area contributed by atoms with Crippen molar-refractivity contribution in [2.75, 3.05) is 0 Å². The van der Waals surface area contributed by atoms with Gasteiger partial charge in [0, 0.05) is 11.8 Å². The number of fused-ring (bicyclic) bond motifs is 5.